The molecule has 1 aromatic rings. The van der Waals surface area contributed by atoms with E-state index >= 15 is 0 Å². The first-order valence-electron chi connectivity index (χ1n) is 8.25. The summed E-state index contributed by atoms with van der Waals surface area (Å²) >= 11 is 0. The highest BCUT2D eigenvalue weighted by molar-refractivity contribution is 5.92. The number of piperidine rings is 1. The second-order valence-corrected chi connectivity index (χ2v) is 6.58. The summed E-state index contributed by atoms with van der Waals surface area (Å²) < 4.78 is 1.60. The van der Waals surface area contributed by atoms with Crippen LogP contribution >= 0.6 is 0 Å². The third-order valence-corrected chi connectivity index (χ3v) is 5.03. The van der Waals surface area contributed by atoms with Gasteiger partial charge in [-0.05, 0) is 25.3 Å². The van der Waals surface area contributed by atoms with Crippen molar-refractivity contribution in [1.29, 1.82) is 0 Å². The molecule has 2 saturated heterocycles. The number of carbonyl (C=O) groups excluding carboxylic acids is 3. The van der Waals surface area contributed by atoms with E-state index in [4.69, 9.17) is 0 Å². The molecule has 0 saturated carbocycles. The molecule has 0 aliphatic carbocycles. The molecule has 3 heterocycles. The average Bonchev–Trinajstić information content (AvgIpc) is 3.13. The number of aromatic nitrogens is 2. The fourth-order valence-corrected chi connectivity index (χ4v) is 3.75. The van der Waals surface area contributed by atoms with Gasteiger partial charge in [0.15, 0.2) is 0 Å². The van der Waals surface area contributed by atoms with Crippen molar-refractivity contribution in [2.75, 3.05) is 26.7 Å². The first kappa shape index (κ1) is 16.5. The van der Waals surface area contributed by atoms with Gasteiger partial charge in [-0.25, -0.2) is 0 Å². The molecule has 2 aliphatic heterocycles. The Hall–Kier alpha value is -2.38. The van der Waals surface area contributed by atoms with E-state index in [1.165, 1.54) is 0 Å². The summed E-state index contributed by atoms with van der Waals surface area (Å²) in [5.74, 6) is -0.308. The van der Waals surface area contributed by atoms with Crippen LogP contribution in [-0.4, -0.2) is 69.5 Å². The summed E-state index contributed by atoms with van der Waals surface area (Å²) in [7, 11) is 3.34. The Morgan fingerprint density at radius 2 is 2.17 bits per heavy atom. The molecule has 2 aliphatic rings. The van der Waals surface area contributed by atoms with Crippen LogP contribution in [0.4, 0.5) is 0 Å². The van der Waals surface area contributed by atoms with Gasteiger partial charge in [0.05, 0.1) is 5.54 Å². The Labute approximate surface area is 140 Å². The Balaban J connectivity index is 1.79. The van der Waals surface area contributed by atoms with Gasteiger partial charge in [0.25, 0.3) is 5.91 Å². The normalized spacial score (nSPS) is 23.8. The molecule has 8 heteroatoms. The standard InChI is InChI=1S/C16H23N5O3/c1-17-13(22)10-21-14(23)4-7-16(21)6-3-8-20(11-16)15(24)12-5-9-19(2)18-12/h5,9H,3-4,6-8,10-11H2,1-2H3,(H,17,22)/t16-/m0/s1. The van der Waals surface area contributed by atoms with Crippen LogP contribution in [-0.2, 0) is 16.6 Å². The number of hydrogen-bond acceptors (Lipinski definition) is 4. The highest BCUT2D eigenvalue weighted by atomic mass is 16.2. The van der Waals surface area contributed by atoms with Gasteiger partial charge in [-0.2, -0.15) is 5.10 Å². The van der Waals surface area contributed by atoms with Gasteiger partial charge in [0.2, 0.25) is 11.8 Å². The fraction of sp³-hybridized carbons (Fsp3) is 0.625. The van der Waals surface area contributed by atoms with E-state index in [1.807, 2.05) is 0 Å². The second-order valence-electron chi connectivity index (χ2n) is 6.58. The van der Waals surface area contributed by atoms with Crippen LogP contribution in [0, 0.1) is 0 Å². The smallest absolute Gasteiger partial charge is 0.274 e. The maximum atomic E-state index is 12.7. The summed E-state index contributed by atoms with van der Waals surface area (Å²) in [6.07, 6.45) is 4.50. The summed E-state index contributed by atoms with van der Waals surface area (Å²) in [6.45, 7) is 1.17. The first-order chi connectivity index (χ1) is 11.4. The van der Waals surface area contributed by atoms with E-state index in [-0.39, 0.29) is 24.3 Å². The van der Waals surface area contributed by atoms with Crippen molar-refractivity contribution in [3.8, 4) is 0 Å². The maximum Gasteiger partial charge on any atom is 0.274 e. The monoisotopic (exact) mass is 333 g/mol. The highest BCUT2D eigenvalue weighted by Gasteiger charge is 2.49. The van der Waals surface area contributed by atoms with Crippen molar-refractivity contribution < 1.29 is 14.4 Å². The van der Waals surface area contributed by atoms with E-state index in [2.05, 4.69) is 10.4 Å². The van der Waals surface area contributed by atoms with Crippen molar-refractivity contribution in [3.05, 3.63) is 18.0 Å². The van der Waals surface area contributed by atoms with E-state index in [9.17, 15) is 14.4 Å². The predicted molar refractivity (Wildman–Crippen MR) is 86.1 cm³/mol. The minimum absolute atomic E-state index is 0.00858. The van der Waals surface area contributed by atoms with Crippen LogP contribution in [0.1, 0.15) is 36.2 Å². The number of likely N-dealkylation sites (N-methyl/N-ethyl adjacent to an activating group) is 1. The predicted octanol–water partition coefficient (Wildman–Crippen LogP) is -0.237. The van der Waals surface area contributed by atoms with Crippen molar-refractivity contribution in [2.24, 2.45) is 7.05 Å². The van der Waals surface area contributed by atoms with Crippen LogP contribution < -0.4 is 5.32 Å². The number of likely N-dealkylation sites (tertiary alicyclic amines) is 2. The summed E-state index contributed by atoms with van der Waals surface area (Å²) in [4.78, 5) is 40.2. The van der Waals surface area contributed by atoms with E-state index in [0.717, 1.165) is 12.8 Å². The second kappa shape index (κ2) is 6.26. The fourth-order valence-electron chi connectivity index (χ4n) is 3.75. The minimum Gasteiger partial charge on any atom is -0.358 e. The van der Waals surface area contributed by atoms with Gasteiger partial charge >= 0.3 is 0 Å². The lowest BCUT2D eigenvalue weighted by Gasteiger charge is -2.45. The van der Waals surface area contributed by atoms with Crippen LogP contribution in [0.25, 0.3) is 0 Å². The number of carbonyl (C=O) groups is 3. The van der Waals surface area contributed by atoms with Crippen LogP contribution in [0.5, 0.6) is 0 Å². The van der Waals surface area contributed by atoms with Crippen LogP contribution in [0.2, 0.25) is 0 Å². The number of hydrogen-bond donors (Lipinski definition) is 1. The molecule has 1 spiro atoms. The number of rotatable bonds is 3. The molecule has 1 aromatic heterocycles. The van der Waals surface area contributed by atoms with Crippen molar-refractivity contribution in [1.82, 2.24) is 24.9 Å². The van der Waals surface area contributed by atoms with Crippen molar-refractivity contribution in [3.63, 3.8) is 0 Å². The molecule has 1 N–H and O–H groups in total. The molecular formula is C16H23N5O3. The molecule has 2 fully saturated rings. The molecule has 0 aromatic carbocycles. The van der Waals surface area contributed by atoms with Gasteiger partial charge < -0.3 is 15.1 Å². The molecule has 3 rings (SSSR count). The lowest BCUT2D eigenvalue weighted by Crippen LogP contribution is -2.59. The van der Waals surface area contributed by atoms with Crippen LogP contribution in [0.15, 0.2) is 12.3 Å². The van der Waals surface area contributed by atoms with E-state index < -0.39 is 5.54 Å². The highest BCUT2D eigenvalue weighted by Crippen LogP contribution is 2.38. The van der Waals surface area contributed by atoms with Gasteiger partial charge in [0.1, 0.15) is 12.2 Å². The Bertz CT molecular complexity index is 670. The molecule has 0 radical (unpaired) electrons. The number of aryl methyl sites for hydroxylation is 1. The topological polar surface area (TPSA) is 87.5 Å². The van der Waals surface area contributed by atoms with E-state index in [1.54, 1.807) is 40.8 Å². The van der Waals surface area contributed by atoms with Gasteiger partial charge in [-0.15, -0.1) is 0 Å². The Morgan fingerprint density at radius 3 is 2.83 bits per heavy atom. The van der Waals surface area contributed by atoms with Crippen molar-refractivity contribution >= 4 is 17.7 Å². The number of amides is 3. The molecule has 1 atom stereocenters. The van der Waals surface area contributed by atoms with Crippen LogP contribution in [0.3, 0.4) is 0 Å². The van der Waals surface area contributed by atoms with Gasteiger partial charge in [-0.1, -0.05) is 0 Å². The SMILES string of the molecule is CNC(=O)CN1C(=O)CC[C@]12CCCN(C(=O)c1ccn(C)n1)C2. The molecule has 0 bridgehead atoms. The lowest BCUT2D eigenvalue weighted by atomic mass is 9.86. The number of nitrogens with zero attached hydrogens (tertiary/aromatic N) is 4. The summed E-state index contributed by atoms with van der Waals surface area (Å²) in [6, 6.07) is 1.70. The lowest BCUT2D eigenvalue weighted by molar-refractivity contribution is -0.138. The minimum atomic E-state index is -0.424. The molecule has 3 amide bonds. The van der Waals surface area contributed by atoms with Crippen molar-refractivity contribution in [2.45, 2.75) is 31.2 Å². The Kier molecular flexibility index (Phi) is 4.29. The molecular weight excluding hydrogens is 310 g/mol. The first-order valence-corrected chi connectivity index (χ1v) is 8.25. The average molecular weight is 333 g/mol. The zero-order valence-corrected chi connectivity index (χ0v) is 14.1. The van der Waals surface area contributed by atoms with Gasteiger partial charge in [-0.3, -0.25) is 19.1 Å². The zero-order valence-electron chi connectivity index (χ0n) is 14.1. The molecule has 8 nitrogen and oxygen atoms in total. The quantitative estimate of drug-likeness (QED) is 0.827. The zero-order chi connectivity index (χ0) is 17.3. The third kappa shape index (κ3) is 2.88. The molecule has 24 heavy (non-hydrogen) atoms. The Morgan fingerprint density at radius 1 is 1.38 bits per heavy atom. The molecule has 130 valence electrons. The maximum absolute atomic E-state index is 12.7. The van der Waals surface area contributed by atoms with Gasteiger partial charge in [0, 0.05) is 39.8 Å². The largest absolute Gasteiger partial charge is 0.358 e. The summed E-state index contributed by atoms with van der Waals surface area (Å²) in [5, 5.41) is 6.75. The number of nitrogens with one attached hydrogen (secondary N) is 1. The molecule has 0 unspecified atom stereocenters. The summed E-state index contributed by atoms with van der Waals surface area (Å²) in [5.41, 5.74) is -0.0107. The third-order valence-electron chi connectivity index (χ3n) is 5.03. The van der Waals surface area contributed by atoms with E-state index in [0.29, 0.717) is 31.6 Å².